The summed E-state index contributed by atoms with van der Waals surface area (Å²) in [5.41, 5.74) is 0. The van der Waals surface area contributed by atoms with E-state index in [1.807, 2.05) is 0 Å². The standard InChI is InChI=1S/C2H3F3O/c3-2(4,5)1-6/h6H,1H2/p+1. The Balaban J connectivity index is 3.17. The second-order valence-corrected chi connectivity index (χ2v) is 0.792. The van der Waals surface area contributed by atoms with Crippen LogP contribution in [0.25, 0.3) is 0 Å². The van der Waals surface area contributed by atoms with Crippen LogP contribution in [0, 0.1) is 0 Å². The summed E-state index contributed by atoms with van der Waals surface area (Å²) in [6.07, 6.45) is -4.29. The highest BCUT2D eigenvalue weighted by molar-refractivity contribution is 4.39. The van der Waals surface area contributed by atoms with E-state index in [9.17, 15) is 13.2 Å². The van der Waals surface area contributed by atoms with Crippen molar-refractivity contribution in [1.82, 2.24) is 0 Å². The molecule has 4 heteroatoms. The molecule has 0 aliphatic rings. The molecule has 0 fully saturated rings. The van der Waals surface area contributed by atoms with Crippen molar-refractivity contribution in [3.63, 3.8) is 0 Å². The molecule has 0 rings (SSSR count). The maximum atomic E-state index is 10.6. The van der Waals surface area contributed by atoms with Gasteiger partial charge in [0.05, 0.1) is 0 Å². The summed E-state index contributed by atoms with van der Waals surface area (Å²) in [4.78, 5) is 0. The maximum absolute atomic E-state index is 10.6. The van der Waals surface area contributed by atoms with Gasteiger partial charge < -0.3 is 5.11 Å². The molecule has 0 aliphatic heterocycles. The van der Waals surface area contributed by atoms with Crippen molar-refractivity contribution in [1.29, 1.82) is 0 Å². The van der Waals surface area contributed by atoms with Gasteiger partial charge in [0, 0.05) is 0 Å². The predicted molar refractivity (Wildman–Crippen MR) is 14.5 cm³/mol. The lowest BCUT2D eigenvalue weighted by atomic mass is 10.7. The molecule has 0 saturated heterocycles. The van der Waals surface area contributed by atoms with E-state index in [-0.39, 0.29) is 0 Å². The fourth-order valence-electron chi connectivity index (χ4n) is 0. The molecule has 0 radical (unpaired) electrons. The molecule has 0 amide bonds. The van der Waals surface area contributed by atoms with E-state index < -0.39 is 12.8 Å². The van der Waals surface area contributed by atoms with Crippen LogP contribution < -0.4 is 0 Å². The minimum absolute atomic E-state index is 1.48. The van der Waals surface area contributed by atoms with Crippen molar-refractivity contribution in [3.05, 3.63) is 0 Å². The molecule has 1 nitrogen and oxygen atoms in total. The number of hydrogen-bond donors (Lipinski definition) is 0. The summed E-state index contributed by atoms with van der Waals surface area (Å²) in [6.45, 7) is -1.48. The van der Waals surface area contributed by atoms with Gasteiger partial charge in [-0.3, -0.25) is 0 Å². The van der Waals surface area contributed by atoms with Crippen molar-refractivity contribution in [2.45, 2.75) is 6.18 Å². The smallest absolute Gasteiger partial charge is 0.439 e. The topological polar surface area (TPSA) is 22.9 Å². The monoisotopic (exact) mass is 101 g/mol. The first-order valence-electron chi connectivity index (χ1n) is 1.27. The molecule has 38 valence electrons. The third kappa shape index (κ3) is 3.75. The van der Waals surface area contributed by atoms with Gasteiger partial charge >= 0.3 is 6.18 Å². The molecular weight excluding hydrogens is 97.0 g/mol. The quantitative estimate of drug-likeness (QED) is 0.391. The molecule has 0 aromatic rings. The molecule has 0 spiro atoms. The number of alkyl halides is 3. The Morgan fingerprint density at radius 2 is 1.50 bits per heavy atom. The van der Waals surface area contributed by atoms with Gasteiger partial charge in [-0.15, -0.1) is 0 Å². The van der Waals surface area contributed by atoms with Crippen LogP contribution in [0.1, 0.15) is 0 Å². The van der Waals surface area contributed by atoms with E-state index in [0.717, 1.165) is 0 Å². The van der Waals surface area contributed by atoms with E-state index in [4.69, 9.17) is 5.11 Å². The lowest BCUT2D eigenvalue weighted by molar-refractivity contribution is -0.159. The zero-order chi connectivity index (χ0) is 5.21. The summed E-state index contributed by atoms with van der Waals surface area (Å²) in [6, 6.07) is 0. The van der Waals surface area contributed by atoms with Crippen molar-refractivity contribution >= 4 is 0 Å². The molecule has 0 heterocycles. The highest BCUT2D eigenvalue weighted by atomic mass is 19.4. The van der Waals surface area contributed by atoms with Gasteiger partial charge in [-0.25, -0.2) is 0 Å². The third-order valence-corrected chi connectivity index (χ3v) is 0.200. The normalized spacial score (nSPS) is 12.0. The largest absolute Gasteiger partial charge is 0.458 e. The molecule has 6 heavy (non-hydrogen) atoms. The summed E-state index contributed by atoms with van der Waals surface area (Å²) < 4.78 is 31.8. The Labute approximate surface area is 32.4 Å². The highest BCUT2D eigenvalue weighted by Gasteiger charge is 2.28. The second kappa shape index (κ2) is 1.47. The summed E-state index contributed by atoms with van der Waals surface area (Å²) in [5, 5.41) is 5.73. The first kappa shape index (κ1) is 5.75. The zero-order valence-electron chi connectivity index (χ0n) is 2.84. The van der Waals surface area contributed by atoms with Gasteiger partial charge in [0.15, 0.2) is 0 Å². The van der Waals surface area contributed by atoms with Gasteiger partial charge in [-0.1, -0.05) is 0 Å². The first-order chi connectivity index (χ1) is 2.56. The molecule has 0 aromatic heterocycles. The SMILES string of the molecule is [OH2+]CC(F)(F)F. The van der Waals surface area contributed by atoms with Gasteiger partial charge in [0.1, 0.15) is 0 Å². The van der Waals surface area contributed by atoms with E-state index in [1.165, 1.54) is 0 Å². The Kier molecular flexibility index (Phi) is 1.40. The fourth-order valence-corrected chi connectivity index (χ4v) is 0. The lowest BCUT2D eigenvalue weighted by Crippen LogP contribution is -2.12. The van der Waals surface area contributed by atoms with Gasteiger partial charge in [-0.2, -0.15) is 13.2 Å². The molecular formula is C2H4F3O+. The minimum Gasteiger partial charge on any atom is -0.439 e. The minimum atomic E-state index is -4.29. The van der Waals surface area contributed by atoms with Crippen LogP contribution in [0.4, 0.5) is 13.2 Å². The highest BCUT2D eigenvalue weighted by Crippen LogP contribution is 2.11. The molecule has 0 bridgehead atoms. The van der Waals surface area contributed by atoms with Crippen molar-refractivity contribution in [2.75, 3.05) is 6.61 Å². The van der Waals surface area contributed by atoms with Crippen LogP contribution in [-0.2, 0) is 0 Å². The fraction of sp³-hybridized carbons (Fsp3) is 1.00. The maximum Gasteiger partial charge on any atom is 0.458 e. The van der Waals surface area contributed by atoms with Gasteiger partial charge in [0.25, 0.3) is 0 Å². The van der Waals surface area contributed by atoms with E-state index in [1.54, 1.807) is 0 Å². The Bertz CT molecular complexity index is 38.5. The number of hydrogen-bond acceptors (Lipinski definition) is 0. The number of rotatable bonds is 0. The number of halogens is 3. The first-order valence-corrected chi connectivity index (χ1v) is 1.27. The van der Waals surface area contributed by atoms with Crippen molar-refractivity contribution in [3.8, 4) is 0 Å². The second-order valence-electron chi connectivity index (χ2n) is 0.792. The lowest BCUT2D eigenvalue weighted by Gasteiger charge is -1.92. The molecule has 0 unspecified atom stereocenters. The van der Waals surface area contributed by atoms with E-state index in [2.05, 4.69) is 0 Å². The molecule has 0 aliphatic carbocycles. The van der Waals surface area contributed by atoms with Crippen LogP contribution in [0.3, 0.4) is 0 Å². The molecule has 0 aromatic carbocycles. The average Bonchev–Trinajstić information content (AvgIpc) is 1.35. The Morgan fingerprint density at radius 3 is 1.50 bits per heavy atom. The summed E-state index contributed by atoms with van der Waals surface area (Å²) >= 11 is 0. The van der Waals surface area contributed by atoms with E-state index in [0.29, 0.717) is 0 Å². The molecule has 2 N–H and O–H groups in total. The van der Waals surface area contributed by atoms with Gasteiger partial charge in [0.2, 0.25) is 6.61 Å². The van der Waals surface area contributed by atoms with Crippen LogP contribution in [0.15, 0.2) is 0 Å². The van der Waals surface area contributed by atoms with Crippen molar-refractivity contribution < 1.29 is 18.3 Å². The predicted octanol–water partition coefficient (Wildman–Crippen LogP) is 0.273. The molecule has 0 saturated carbocycles. The van der Waals surface area contributed by atoms with Crippen LogP contribution in [0.5, 0.6) is 0 Å². The van der Waals surface area contributed by atoms with E-state index >= 15 is 0 Å². The summed E-state index contributed by atoms with van der Waals surface area (Å²) in [5.74, 6) is 0. The Hall–Kier alpha value is -0.250. The van der Waals surface area contributed by atoms with Crippen LogP contribution in [-0.4, -0.2) is 17.9 Å². The third-order valence-electron chi connectivity index (χ3n) is 0.200. The Morgan fingerprint density at radius 1 is 1.33 bits per heavy atom. The van der Waals surface area contributed by atoms with Crippen LogP contribution in [0.2, 0.25) is 0 Å². The van der Waals surface area contributed by atoms with Crippen molar-refractivity contribution in [2.24, 2.45) is 0 Å². The molecule has 0 atom stereocenters. The zero-order valence-corrected chi connectivity index (χ0v) is 2.84. The van der Waals surface area contributed by atoms with Gasteiger partial charge in [-0.05, 0) is 0 Å². The average molecular weight is 101 g/mol. The summed E-state index contributed by atoms with van der Waals surface area (Å²) in [7, 11) is 0. The van der Waals surface area contributed by atoms with Crippen LogP contribution >= 0.6 is 0 Å².